The standard InChI is InChI=1S/C26H31NO2/c1-3-26(2,27)20-29-25(23-17-11-6-12-18-23)24(22-15-9-5-10-16-22)28-19-21-13-7-4-8-14-21/h4-18,24-25H,3,19-20,27H2,1-2H3/t24-,25-,26-/m0/s1. The minimum Gasteiger partial charge on any atom is -0.369 e. The second-order valence-electron chi connectivity index (χ2n) is 7.78. The van der Waals surface area contributed by atoms with Crippen LogP contribution >= 0.6 is 0 Å². The van der Waals surface area contributed by atoms with Crippen LogP contribution in [0.25, 0.3) is 0 Å². The smallest absolute Gasteiger partial charge is 0.113 e. The van der Waals surface area contributed by atoms with Crippen LogP contribution in [0.2, 0.25) is 0 Å². The van der Waals surface area contributed by atoms with Crippen molar-refractivity contribution in [1.29, 1.82) is 0 Å². The molecule has 3 aromatic carbocycles. The summed E-state index contributed by atoms with van der Waals surface area (Å²) in [5.74, 6) is 0. The number of hydrogen-bond acceptors (Lipinski definition) is 3. The minimum atomic E-state index is -0.381. The third-order valence-corrected chi connectivity index (χ3v) is 5.20. The molecule has 2 N–H and O–H groups in total. The van der Waals surface area contributed by atoms with Crippen LogP contribution in [0.1, 0.15) is 49.2 Å². The van der Waals surface area contributed by atoms with Gasteiger partial charge in [0.2, 0.25) is 0 Å². The molecule has 0 aliphatic heterocycles. The predicted octanol–water partition coefficient (Wildman–Crippen LogP) is 5.83. The van der Waals surface area contributed by atoms with Crippen LogP contribution < -0.4 is 5.73 Å². The molecule has 29 heavy (non-hydrogen) atoms. The maximum absolute atomic E-state index is 6.46. The maximum atomic E-state index is 6.46. The molecule has 0 bridgehead atoms. The van der Waals surface area contributed by atoms with Crippen LogP contribution in [0.15, 0.2) is 91.0 Å². The van der Waals surface area contributed by atoms with E-state index in [1.807, 2.05) is 61.5 Å². The van der Waals surface area contributed by atoms with Crippen molar-refractivity contribution < 1.29 is 9.47 Å². The molecule has 152 valence electrons. The lowest BCUT2D eigenvalue weighted by atomic mass is 9.96. The second kappa shape index (κ2) is 10.4. The van der Waals surface area contributed by atoms with Crippen LogP contribution in [-0.2, 0) is 16.1 Å². The Labute approximate surface area is 174 Å². The molecule has 3 aromatic rings. The van der Waals surface area contributed by atoms with Crippen molar-refractivity contribution in [3.63, 3.8) is 0 Å². The Bertz CT molecular complexity index is 834. The average Bonchev–Trinajstić information content (AvgIpc) is 2.78. The molecule has 0 fully saturated rings. The highest BCUT2D eigenvalue weighted by Gasteiger charge is 2.29. The molecule has 0 amide bonds. The lowest BCUT2D eigenvalue weighted by Crippen LogP contribution is -2.41. The highest BCUT2D eigenvalue weighted by atomic mass is 16.5. The van der Waals surface area contributed by atoms with Crippen molar-refractivity contribution in [3.05, 3.63) is 108 Å². The van der Waals surface area contributed by atoms with Crippen LogP contribution in [0.4, 0.5) is 0 Å². The van der Waals surface area contributed by atoms with Crippen molar-refractivity contribution in [1.82, 2.24) is 0 Å². The van der Waals surface area contributed by atoms with E-state index in [0.29, 0.717) is 13.2 Å². The Morgan fingerprint density at radius 2 is 1.17 bits per heavy atom. The van der Waals surface area contributed by atoms with E-state index in [1.165, 1.54) is 0 Å². The molecule has 0 spiro atoms. The van der Waals surface area contributed by atoms with Gasteiger partial charge in [0, 0.05) is 5.54 Å². The van der Waals surface area contributed by atoms with E-state index in [-0.39, 0.29) is 17.7 Å². The van der Waals surface area contributed by atoms with E-state index in [4.69, 9.17) is 15.2 Å². The van der Waals surface area contributed by atoms with Gasteiger partial charge in [0.15, 0.2) is 0 Å². The molecule has 0 saturated carbocycles. The largest absolute Gasteiger partial charge is 0.369 e. The van der Waals surface area contributed by atoms with Crippen molar-refractivity contribution in [3.8, 4) is 0 Å². The van der Waals surface area contributed by atoms with Crippen molar-refractivity contribution in [2.24, 2.45) is 5.73 Å². The highest BCUT2D eigenvalue weighted by Crippen LogP contribution is 2.36. The Morgan fingerprint density at radius 1 is 0.724 bits per heavy atom. The average molecular weight is 390 g/mol. The number of ether oxygens (including phenoxy) is 2. The van der Waals surface area contributed by atoms with Crippen LogP contribution in [0.5, 0.6) is 0 Å². The fraction of sp³-hybridized carbons (Fsp3) is 0.308. The first-order chi connectivity index (χ1) is 14.1. The Balaban J connectivity index is 1.90. The minimum absolute atomic E-state index is 0.244. The SMILES string of the molecule is CC[C@](C)(N)CO[C@@H](c1ccccc1)[C@@H](OCc1ccccc1)c1ccccc1. The molecule has 0 aromatic heterocycles. The first kappa shape index (κ1) is 21.3. The van der Waals surface area contributed by atoms with Crippen LogP contribution in [-0.4, -0.2) is 12.1 Å². The second-order valence-corrected chi connectivity index (χ2v) is 7.78. The lowest BCUT2D eigenvalue weighted by molar-refractivity contribution is -0.0941. The third-order valence-electron chi connectivity index (χ3n) is 5.20. The summed E-state index contributed by atoms with van der Waals surface area (Å²) in [6.45, 7) is 5.08. The zero-order chi connectivity index (χ0) is 20.5. The first-order valence-corrected chi connectivity index (χ1v) is 10.2. The number of nitrogens with two attached hydrogens (primary N) is 1. The van der Waals surface area contributed by atoms with Crippen molar-refractivity contribution >= 4 is 0 Å². The Kier molecular flexibility index (Phi) is 7.59. The molecule has 0 unspecified atom stereocenters. The molecule has 0 saturated heterocycles. The molecule has 0 aliphatic rings. The summed E-state index contributed by atoms with van der Waals surface area (Å²) in [5, 5.41) is 0. The van der Waals surface area contributed by atoms with Gasteiger partial charge in [-0.15, -0.1) is 0 Å². The van der Waals surface area contributed by atoms with E-state index in [1.54, 1.807) is 0 Å². The number of hydrogen-bond donors (Lipinski definition) is 1. The van der Waals surface area contributed by atoms with Crippen LogP contribution in [0, 0.1) is 0 Å². The van der Waals surface area contributed by atoms with Gasteiger partial charge in [-0.3, -0.25) is 0 Å². The van der Waals surface area contributed by atoms with Gasteiger partial charge in [0.25, 0.3) is 0 Å². The van der Waals surface area contributed by atoms with Crippen molar-refractivity contribution in [2.45, 2.75) is 44.6 Å². The van der Waals surface area contributed by atoms with Crippen molar-refractivity contribution in [2.75, 3.05) is 6.61 Å². The van der Waals surface area contributed by atoms with E-state index >= 15 is 0 Å². The third kappa shape index (κ3) is 6.26. The summed E-state index contributed by atoms with van der Waals surface area (Å²) in [4.78, 5) is 0. The molecular formula is C26H31NO2. The van der Waals surface area contributed by atoms with Gasteiger partial charge in [-0.2, -0.15) is 0 Å². The number of benzene rings is 3. The predicted molar refractivity (Wildman–Crippen MR) is 118 cm³/mol. The number of rotatable bonds is 10. The fourth-order valence-electron chi connectivity index (χ4n) is 3.14. The molecule has 0 aliphatic carbocycles. The topological polar surface area (TPSA) is 44.5 Å². The maximum Gasteiger partial charge on any atom is 0.113 e. The lowest BCUT2D eigenvalue weighted by Gasteiger charge is -2.32. The van der Waals surface area contributed by atoms with Gasteiger partial charge < -0.3 is 15.2 Å². The summed E-state index contributed by atoms with van der Waals surface area (Å²) in [6.07, 6.45) is 0.346. The molecular weight excluding hydrogens is 358 g/mol. The highest BCUT2D eigenvalue weighted by molar-refractivity contribution is 5.26. The zero-order valence-corrected chi connectivity index (χ0v) is 17.3. The summed E-state index contributed by atoms with van der Waals surface area (Å²) in [7, 11) is 0. The van der Waals surface area contributed by atoms with E-state index in [0.717, 1.165) is 23.1 Å². The molecule has 3 atom stereocenters. The molecule has 3 rings (SSSR count). The summed E-state index contributed by atoms with van der Waals surface area (Å²) in [6, 6.07) is 30.8. The van der Waals surface area contributed by atoms with E-state index in [2.05, 4.69) is 43.3 Å². The van der Waals surface area contributed by atoms with Gasteiger partial charge in [-0.05, 0) is 30.0 Å². The summed E-state index contributed by atoms with van der Waals surface area (Å²) >= 11 is 0. The quantitative estimate of drug-likeness (QED) is 0.474. The molecule has 0 heterocycles. The first-order valence-electron chi connectivity index (χ1n) is 10.2. The van der Waals surface area contributed by atoms with Gasteiger partial charge >= 0.3 is 0 Å². The Hall–Kier alpha value is -2.46. The van der Waals surface area contributed by atoms with Gasteiger partial charge in [0.05, 0.1) is 13.2 Å². The van der Waals surface area contributed by atoms with Crippen LogP contribution in [0.3, 0.4) is 0 Å². The van der Waals surface area contributed by atoms with E-state index in [9.17, 15) is 0 Å². The monoisotopic (exact) mass is 389 g/mol. The van der Waals surface area contributed by atoms with E-state index < -0.39 is 0 Å². The normalized spacial score (nSPS) is 15.4. The van der Waals surface area contributed by atoms with Gasteiger partial charge in [-0.25, -0.2) is 0 Å². The van der Waals surface area contributed by atoms with Gasteiger partial charge in [0.1, 0.15) is 12.2 Å². The zero-order valence-electron chi connectivity index (χ0n) is 17.3. The van der Waals surface area contributed by atoms with Gasteiger partial charge in [-0.1, -0.05) is 97.9 Å². The molecule has 0 radical (unpaired) electrons. The molecule has 3 heteroatoms. The molecule has 3 nitrogen and oxygen atoms in total. The fourth-order valence-corrected chi connectivity index (χ4v) is 3.14. The summed E-state index contributed by atoms with van der Waals surface area (Å²) < 4.78 is 12.9. The Morgan fingerprint density at radius 3 is 1.66 bits per heavy atom. The summed E-state index contributed by atoms with van der Waals surface area (Å²) in [5.41, 5.74) is 9.31.